The van der Waals surface area contributed by atoms with Crippen LogP contribution < -0.4 is 15.1 Å². The molecule has 0 aromatic heterocycles. The molecule has 2 atom stereocenters. The molecule has 8 nitrogen and oxygen atoms in total. The Morgan fingerprint density at radius 2 is 1.56 bits per heavy atom. The predicted octanol–water partition coefficient (Wildman–Crippen LogP) is 3.85. The number of morpholine rings is 1. The minimum Gasteiger partial charge on any atom is -0.394 e. The molecule has 0 radical (unpaired) electrons. The van der Waals surface area contributed by atoms with Crippen molar-refractivity contribution in [3.05, 3.63) is 89.5 Å². The molecule has 0 spiro atoms. The Balaban J connectivity index is 1.14. The van der Waals surface area contributed by atoms with Crippen molar-refractivity contribution in [1.82, 2.24) is 5.32 Å². The van der Waals surface area contributed by atoms with E-state index < -0.39 is 15.9 Å². The molecule has 2 aliphatic rings. The number of hydrogen-bond donors (Lipinski definition) is 2. The second-order valence-corrected chi connectivity index (χ2v) is 13.1. The number of hydrogen-bond acceptors (Lipinski definition) is 7. The van der Waals surface area contributed by atoms with Crippen LogP contribution in [0.1, 0.15) is 40.9 Å². The molecule has 2 heterocycles. The summed E-state index contributed by atoms with van der Waals surface area (Å²) >= 11 is 0. The second-order valence-electron chi connectivity index (χ2n) is 10.8. The maximum atomic E-state index is 12.9. The van der Waals surface area contributed by atoms with Gasteiger partial charge in [-0.2, -0.15) is 0 Å². The number of aliphatic hydroxyl groups excluding tert-OH is 1. The molecule has 3 aromatic rings. The first kappa shape index (κ1) is 29.1. The summed E-state index contributed by atoms with van der Waals surface area (Å²) in [7, 11) is -3.31. The summed E-state index contributed by atoms with van der Waals surface area (Å²) in [6, 6.07) is 22.2. The highest BCUT2D eigenvalue weighted by atomic mass is 32.2. The Morgan fingerprint density at radius 3 is 2.20 bits per heavy atom. The van der Waals surface area contributed by atoms with Crippen molar-refractivity contribution in [2.75, 3.05) is 61.6 Å². The lowest BCUT2D eigenvalue weighted by atomic mass is 9.98. The molecule has 0 bridgehead atoms. The topological polar surface area (TPSA) is 99.2 Å². The third-order valence-corrected chi connectivity index (χ3v) is 9.88. The summed E-state index contributed by atoms with van der Waals surface area (Å²) in [4.78, 5) is 17.9. The SMILES string of the molecule is CCS(=O)(=O)c1ccc([C@H](CO)NC(=O)c2ccc(N3CCC(Cc4ccc(N5CCOCC5)cc4)C3)cc2)cc1. The first-order valence-electron chi connectivity index (χ1n) is 14.4. The monoisotopic (exact) mass is 577 g/mol. The van der Waals surface area contributed by atoms with Gasteiger partial charge < -0.3 is 25.0 Å². The van der Waals surface area contributed by atoms with Gasteiger partial charge in [-0.1, -0.05) is 31.2 Å². The molecule has 2 saturated heterocycles. The smallest absolute Gasteiger partial charge is 0.251 e. The third kappa shape index (κ3) is 7.09. The number of rotatable bonds is 10. The van der Waals surface area contributed by atoms with Crippen LogP contribution in [0.3, 0.4) is 0 Å². The Labute approximate surface area is 242 Å². The van der Waals surface area contributed by atoms with Crippen LogP contribution in [0.4, 0.5) is 11.4 Å². The van der Waals surface area contributed by atoms with E-state index in [1.165, 1.54) is 23.4 Å². The number of carbonyl (C=O) groups excluding carboxylic acids is 1. The highest BCUT2D eigenvalue weighted by Crippen LogP contribution is 2.28. The van der Waals surface area contributed by atoms with E-state index in [9.17, 15) is 18.3 Å². The van der Waals surface area contributed by atoms with Crippen LogP contribution in [-0.4, -0.2) is 71.2 Å². The van der Waals surface area contributed by atoms with Gasteiger partial charge in [-0.25, -0.2) is 8.42 Å². The molecule has 218 valence electrons. The molecular weight excluding hydrogens is 538 g/mol. The maximum Gasteiger partial charge on any atom is 0.251 e. The number of sulfone groups is 1. The number of carbonyl (C=O) groups is 1. The fourth-order valence-corrected chi connectivity index (χ4v) is 6.49. The molecule has 1 unspecified atom stereocenters. The molecule has 2 fully saturated rings. The van der Waals surface area contributed by atoms with Gasteiger partial charge in [-0.15, -0.1) is 0 Å². The van der Waals surface area contributed by atoms with Crippen LogP contribution in [0.15, 0.2) is 77.7 Å². The third-order valence-electron chi connectivity index (χ3n) is 8.13. The highest BCUT2D eigenvalue weighted by molar-refractivity contribution is 7.91. The Morgan fingerprint density at radius 1 is 0.927 bits per heavy atom. The number of anilines is 2. The van der Waals surface area contributed by atoms with Gasteiger partial charge >= 0.3 is 0 Å². The lowest BCUT2D eigenvalue weighted by Crippen LogP contribution is -2.36. The van der Waals surface area contributed by atoms with Gasteiger partial charge in [0, 0.05) is 43.1 Å². The fourth-order valence-electron chi connectivity index (χ4n) is 5.61. The molecule has 2 aliphatic heterocycles. The molecule has 9 heteroatoms. The van der Waals surface area contributed by atoms with Gasteiger partial charge in [-0.05, 0) is 78.4 Å². The normalized spacial score (nSPS) is 18.3. The Bertz CT molecular complexity index is 1400. The predicted molar refractivity (Wildman–Crippen MR) is 161 cm³/mol. The van der Waals surface area contributed by atoms with Crippen molar-refractivity contribution in [2.24, 2.45) is 5.92 Å². The summed E-state index contributed by atoms with van der Waals surface area (Å²) in [5.41, 5.74) is 4.87. The number of nitrogens with one attached hydrogen (secondary N) is 1. The van der Waals surface area contributed by atoms with Gasteiger partial charge in [0.1, 0.15) is 0 Å². The van der Waals surface area contributed by atoms with E-state index in [1.807, 2.05) is 24.3 Å². The van der Waals surface area contributed by atoms with E-state index in [0.29, 0.717) is 17.0 Å². The van der Waals surface area contributed by atoms with Crippen molar-refractivity contribution >= 4 is 27.1 Å². The van der Waals surface area contributed by atoms with Crippen LogP contribution >= 0.6 is 0 Å². The van der Waals surface area contributed by atoms with E-state index in [2.05, 4.69) is 39.4 Å². The van der Waals surface area contributed by atoms with Crippen molar-refractivity contribution in [3.8, 4) is 0 Å². The van der Waals surface area contributed by atoms with Crippen LogP contribution in [0.2, 0.25) is 0 Å². The fraction of sp³-hybridized carbons (Fsp3) is 0.406. The van der Waals surface area contributed by atoms with Crippen LogP contribution in [0.25, 0.3) is 0 Å². The average Bonchev–Trinajstić information content (AvgIpc) is 3.49. The van der Waals surface area contributed by atoms with Crippen LogP contribution in [0.5, 0.6) is 0 Å². The molecule has 5 rings (SSSR count). The number of ether oxygens (including phenoxy) is 1. The summed E-state index contributed by atoms with van der Waals surface area (Å²) < 4.78 is 29.6. The zero-order valence-corrected chi connectivity index (χ0v) is 24.4. The first-order valence-corrected chi connectivity index (χ1v) is 16.0. The van der Waals surface area contributed by atoms with Crippen molar-refractivity contribution in [1.29, 1.82) is 0 Å². The standard InChI is InChI=1S/C32H39N3O5S/c1-2-41(38,39)30-13-7-26(8-14-30)31(23-36)33-32(37)27-5-11-29(12-6-27)35-16-15-25(22-35)21-24-3-9-28(10-4-24)34-17-19-40-20-18-34/h3-14,25,31,36H,2,15-23H2,1H3,(H,33,37)/t25?,31-/m0/s1. The maximum absolute atomic E-state index is 12.9. The summed E-state index contributed by atoms with van der Waals surface area (Å²) in [5, 5.41) is 12.8. The quantitative estimate of drug-likeness (QED) is 0.378. The minimum absolute atomic E-state index is 0.0180. The van der Waals surface area contributed by atoms with E-state index in [4.69, 9.17) is 4.74 Å². The number of aliphatic hydroxyl groups is 1. The van der Waals surface area contributed by atoms with E-state index in [-0.39, 0.29) is 23.2 Å². The van der Waals surface area contributed by atoms with Crippen molar-refractivity contribution < 1.29 is 23.1 Å². The van der Waals surface area contributed by atoms with Gasteiger partial charge in [0.15, 0.2) is 9.84 Å². The molecule has 3 aromatic carbocycles. The summed E-state index contributed by atoms with van der Waals surface area (Å²) in [5.74, 6) is 0.307. The van der Waals surface area contributed by atoms with Gasteiger partial charge in [0.05, 0.1) is 36.5 Å². The zero-order chi connectivity index (χ0) is 28.8. The van der Waals surface area contributed by atoms with Crippen LogP contribution in [0, 0.1) is 5.92 Å². The van der Waals surface area contributed by atoms with Gasteiger partial charge in [0.2, 0.25) is 0 Å². The molecule has 1 amide bonds. The number of amides is 1. The molecule has 0 saturated carbocycles. The first-order chi connectivity index (χ1) is 19.9. The second kappa shape index (κ2) is 13.1. The zero-order valence-electron chi connectivity index (χ0n) is 23.5. The molecule has 41 heavy (non-hydrogen) atoms. The van der Waals surface area contributed by atoms with Gasteiger partial charge in [0.25, 0.3) is 5.91 Å². The largest absolute Gasteiger partial charge is 0.394 e. The molecule has 0 aliphatic carbocycles. The molecular formula is C32H39N3O5S. The van der Waals surface area contributed by atoms with E-state index >= 15 is 0 Å². The van der Waals surface area contributed by atoms with Gasteiger partial charge in [-0.3, -0.25) is 4.79 Å². The number of nitrogens with zero attached hydrogens (tertiary/aromatic N) is 2. The van der Waals surface area contributed by atoms with Crippen LogP contribution in [-0.2, 0) is 21.0 Å². The lowest BCUT2D eigenvalue weighted by molar-refractivity contribution is 0.0916. The van der Waals surface area contributed by atoms with Crippen molar-refractivity contribution in [3.63, 3.8) is 0 Å². The Kier molecular flexibility index (Phi) is 9.27. The minimum atomic E-state index is -3.31. The molecule has 2 N–H and O–H groups in total. The summed E-state index contributed by atoms with van der Waals surface area (Å²) in [6.07, 6.45) is 2.18. The number of benzene rings is 3. The van der Waals surface area contributed by atoms with Crippen molar-refractivity contribution in [2.45, 2.75) is 30.7 Å². The highest BCUT2D eigenvalue weighted by Gasteiger charge is 2.24. The van der Waals surface area contributed by atoms with E-state index in [1.54, 1.807) is 19.1 Å². The Hall–Kier alpha value is -3.40. The lowest BCUT2D eigenvalue weighted by Gasteiger charge is -2.29. The summed E-state index contributed by atoms with van der Waals surface area (Å²) in [6.45, 7) is 6.73. The van der Waals surface area contributed by atoms with E-state index in [0.717, 1.165) is 57.9 Å². The average molecular weight is 578 g/mol.